The predicted molar refractivity (Wildman–Crippen MR) is 111 cm³/mol. The van der Waals surface area contributed by atoms with Crippen LogP contribution in [0.4, 0.5) is 0 Å². The van der Waals surface area contributed by atoms with Gasteiger partial charge in [-0.25, -0.2) is 0 Å². The van der Waals surface area contributed by atoms with Crippen LogP contribution >= 0.6 is 11.6 Å². The van der Waals surface area contributed by atoms with E-state index in [4.69, 9.17) is 25.6 Å². The topological polar surface area (TPSA) is 86.5 Å². The zero-order chi connectivity index (χ0) is 20.6. The molecular weight excluding hydrogens is 394 g/mol. The van der Waals surface area contributed by atoms with E-state index in [1.54, 1.807) is 24.3 Å². The summed E-state index contributed by atoms with van der Waals surface area (Å²) in [5.41, 5.74) is 1.58. The molecule has 0 saturated carbocycles. The van der Waals surface area contributed by atoms with Crippen molar-refractivity contribution in [2.45, 2.75) is 6.92 Å². The lowest BCUT2D eigenvalue weighted by atomic mass is 10.2. The Hall–Kier alpha value is -3.32. The van der Waals surface area contributed by atoms with Gasteiger partial charge in [-0.15, -0.1) is 0 Å². The molecule has 29 heavy (non-hydrogen) atoms. The third-order valence-corrected chi connectivity index (χ3v) is 4.15. The van der Waals surface area contributed by atoms with Crippen molar-refractivity contribution in [1.82, 2.24) is 15.5 Å². The number of carbonyl (C=O) groups excluding carboxylic acids is 1. The number of nitrogens with one attached hydrogen (secondary N) is 1. The fraction of sp³-hybridized carbons (Fsp3) is 0.190. The Labute approximate surface area is 173 Å². The number of methoxy groups -OCH3 is 1. The molecule has 0 aliphatic carbocycles. The molecule has 0 saturated heterocycles. The van der Waals surface area contributed by atoms with Gasteiger partial charge in [0.25, 0.3) is 11.8 Å². The SMILES string of the molecule is CCNC(=O)COc1ccc(/C=C(\Cl)c2nc(-c3ccccc3)no2)cc1OC. The highest BCUT2D eigenvalue weighted by Crippen LogP contribution is 2.30. The first kappa shape index (κ1) is 20.4. The quantitative estimate of drug-likeness (QED) is 0.600. The Morgan fingerprint density at radius 2 is 2.00 bits per heavy atom. The number of nitrogens with zero attached hydrogens (tertiary/aromatic N) is 2. The first-order valence-electron chi connectivity index (χ1n) is 8.95. The lowest BCUT2D eigenvalue weighted by Crippen LogP contribution is -2.28. The van der Waals surface area contributed by atoms with E-state index in [0.717, 1.165) is 11.1 Å². The number of carbonyl (C=O) groups is 1. The Balaban J connectivity index is 1.75. The molecular formula is C21H20ClN3O4. The monoisotopic (exact) mass is 413 g/mol. The van der Waals surface area contributed by atoms with Crippen LogP contribution in [0.1, 0.15) is 18.4 Å². The molecule has 0 unspecified atom stereocenters. The van der Waals surface area contributed by atoms with E-state index in [0.29, 0.717) is 23.9 Å². The van der Waals surface area contributed by atoms with Crippen LogP contribution in [-0.4, -0.2) is 36.3 Å². The minimum absolute atomic E-state index is 0.0929. The Morgan fingerprint density at radius 3 is 2.72 bits per heavy atom. The minimum atomic E-state index is -0.202. The van der Waals surface area contributed by atoms with Crippen molar-refractivity contribution >= 4 is 28.6 Å². The van der Waals surface area contributed by atoms with Gasteiger partial charge in [-0.2, -0.15) is 4.98 Å². The molecule has 0 aliphatic rings. The van der Waals surface area contributed by atoms with Crippen molar-refractivity contribution in [3.05, 3.63) is 60.0 Å². The molecule has 1 heterocycles. The number of halogens is 1. The maximum atomic E-state index is 11.6. The van der Waals surface area contributed by atoms with Crippen LogP contribution in [0.5, 0.6) is 11.5 Å². The fourth-order valence-electron chi connectivity index (χ4n) is 2.52. The van der Waals surface area contributed by atoms with Crippen LogP contribution in [-0.2, 0) is 4.79 Å². The normalized spacial score (nSPS) is 11.2. The third kappa shape index (κ3) is 5.36. The molecule has 1 amide bonds. The van der Waals surface area contributed by atoms with Gasteiger partial charge in [0.15, 0.2) is 18.1 Å². The zero-order valence-electron chi connectivity index (χ0n) is 16.0. The smallest absolute Gasteiger partial charge is 0.269 e. The fourth-order valence-corrected chi connectivity index (χ4v) is 2.72. The highest BCUT2D eigenvalue weighted by Gasteiger charge is 2.12. The van der Waals surface area contributed by atoms with Crippen molar-refractivity contribution in [2.24, 2.45) is 0 Å². The first-order valence-corrected chi connectivity index (χ1v) is 9.32. The molecule has 1 aromatic heterocycles. The highest BCUT2D eigenvalue weighted by molar-refractivity contribution is 6.50. The maximum Gasteiger partial charge on any atom is 0.269 e. The van der Waals surface area contributed by atoms with Gasteiger partial charge in [0, 0.05) is 12.1 Å². The Bertz CT molecular complexity index is 1000. The first-order chi connectivity index (χ1) is 14.1. The van der Waals surface area contributed by atoms with Gasteiger partial charge < -0.3 is 19.3 Å². The molecule has 0 aliphatic heterocycles. The van der Waals surface area contributed by atoms with E-state index in [1.165, 1.54) is 7.11 Å². The molecule has 1 N–H and O–H groups in total. The van der Waals surface area contributed by atoms with Gasteiger partial charge in [0.1, 0.15) is 5.03 Å². The Kier molecular flexibility index (Phi) is 6.86. The summed E-state index contributed by atoms with van der Waals surface area (Å²) in [5.74, 6) is 1.39. The second kappa shape index (κ2) is 9.75. The van der Waals surface area contributed by atoms with Crippen molar-refractivity contribution in [3.8, 4) is 22.9 Å². The number of hydrogen-bond acceptors (Lipinski definition) is 6. The minimum Gasteiger partial charge on any atom is -0.493 e. The van der Waals surface area contributed by atoms with Crippen LogP contribution in [0.15, 0.2) is 53.1 Å². The lowest BCUT2D eigenvalue weighted by Gasteiger charge is -2.11. The average molecular weight is 414 g/mol. The molecule has 150 valence electrons. The average Bonchev–Trinajstić information content (AvgIpc) is 3.24. The molecule has 2 aromatic carbocycles. The number of rotatable bonds is 8. The molecule has 3 aromatic rings. The van der Waals surface area contributed by atoms with Gasteiger partial charge in [-0.05, 0) is 30.7 Å². The summed E-state index contributed by atoms with van der Waals surface area (Å²) in [4.78, 5) is 15.9. The van der Waals surface area contributed by atoms with Crippen LogP contribution in [0, 0.1) is 0 Å². The van der Waals surface area contributed by atoms with E-state index in [-0.39, 0.29) is 23.4 Å². The van der Waals surface area contributed by atoms with E-state index in [9.17, 15) is 4.79 Å². The summed E-state index contributed by atoms with van der Waals surface area (Å²) in [7, 11) is 1.52. The summed E-state index contributed by atoms with van der Waals surface area (Å²) in [6.07, 6.45) is 1.68. The van der Waals surface area contributed by atoms with E-state index in [2.05, 4.69) is 15.5 Å². The second-order valence-electron chi connectivity index (χ2n) is 5.93. The van der Waals surface area contributed by atoms with Gasteiger partial charge in [-0.1, -0.05) is 53.2 Å². The number of amides is 1. The maximum absolute atomic E-state index is 11.6. The summed E-state index contributed by atoms with van der Waals surface area (Å²) in [6, 6.07) is 14.7. The zero-order valence-corrected chi connectivity index (χ0v) is 16.8. The highest BCUT2D eigenvalue weighted by atomic mass is 35.5. The van der Waals surface area contributed by atoms with Gasteiger partial charge in [0.2, 0.25) is 5.82 Å². The van der Waals surface area contributed by atoms with Crippen LogP contribution in [0.2, 0.25) is 0 Å². The molecule has 7 nitrogen and oxygen atoms in total. The lowest BCUT2D eigenvalue weighted by molar-refractivity contribution is -0.123. The second-order valence-corrected chi connectivity index (χ2v) is 6.34. The van der Waals surface area contributed by atoms with Crippen molar-refractivity contribution < 1.29 is 18.8 Å². The van der Waals surface area contributed by atoms with Crippen LogP contribution in [0.3, 0.4) is 0 Å². The number of benzene rings is 2. The van der Waals surface area contributed by atoms with Crippen LogP contribution < -0.4 is 14.8 Å². The van der Waals surface area contributed by atoms with Crippen LogP contribution in [0.25, 0.3) is 22.5 Å². The van der Waals surface area contributed by atoms with Crippen molar-refractivity contribution in [3.63, 3.8) is 0 Å². The number of hydrogen-bond donors (Lipinski definition) is 1. The standard InChI is InChI=1S/C21H20ClN3O4/c1-3-23-19(26)13-28-17-10-9-14(12-18(17)27-2)11-16(22)21-24-20(25-29-21)15-7-5-4-6-8-15/h4-12H,3,13H2,1-2H3,(H,23,26)/b16-11-. The predicted octanol–water partition coefficient (Wildman–Crippen LogP) is 4.00. The number of likely N-dealkylation sites (N-methyl/N-ethyl adjacent to an activating group) is 1. The van der Waals surface area contributed by atoms with E-state index < -0.39 is 0 Å². The molecule has 0 radical (unpaired) electrons. The molecule has 0 bridgehead atoms. The van der Waals surface area contributed by atoms with Gasteiger partial charge in [0.05, 0.1) is 7.11 Å². The molecule has 0 spiro atoms. The molecule has 0 fully saturated rings. The summed E-state index contributed by atoms with van der Waals surface area (Å²) in [6.45, 7) is 2.29. The largest absolute Gasteiger partial charge is 0.493 e. The number of aromatic nitrogens is 2. The van der Waals surface area contributed by atoms with Gasteiger partial charge in [-0.3, -0.25) is 4.79 Å². The number of ether oxygens (including phenoxy) is 2. The molecule has 0 atom stereocenters. The summed E-state index contributed by atoms with van der Waals surface area (Å²) in [5, 5.41) is 6.92. The van der Waals surface area contributed by atoms with Gasteiger partial charge >= 0.3 is 0 Å². The van der Waals surface area contributed by atoms with E-state index >= 15 is 0 Å². The van der Waals surface area contributed by atoms with Crippen molar-refractivity contribution in [2.75, 3.05) is 20.3 Å². The molecule has 8 heteroatoms. The summed E-state index contributed by atoms with van der Waals surface area (Å²) < 4.78 is 16.1. The molecule has 3 rings (SSSR count). The van der Waals surface area contributed by atoms with E-state index in [1.807, 2.05) is 37.3 Å². The Morgan fingerprint density at radius 1 is 1.21 bits per heavy atom. The third-order valence-electron chi connectivity index (χ3n) is 3.88. The summed E-state index contributed by atoms with van der Waals surface area (Å²) >= 11 is 6.35. The van der Waals surface area contributed by atoms with Crippen molar-refractivity contribution in [1.29, 1.82) is 0 Å².